The topological polar surface area (TPSA) is 46.1 Å². The summed E-state index contributed by atoms with van der Waals surface area (Å²) in [6.45, 7) is 30.8. The van der Waals surface area contributed by atoms with E-state index in [0.717, 1.165) is 11.1 Å². The van der Waals surface area contributed by atoms with Gasteiger partial charge in [-0.25, -0.2) is 0 Å². The third-order valence-electron chi connectivity index (χ3n) is 5.49. The first-order valence-electron chi connectivity index (χ1n) is 12.2. The average molecular weight is 559 g/mol. The van der Waals surface area contributed by atoms with Crippen molar-refractivity contribution in [3.05, 3.63) is 69.7 Å². The van der Waals surface area contributed by atoms with Gasteiger partial charge in [-0.1, -0.05) is 137 Å². The van der Waals surface area contributed by atoms with E-state index in [1.165, 1.54) is 10.6 Å². The maximum Gasteiger partial charge on any atom is 2.00 e. The van der Waals surface area contributed by atoms with Crippen molar-refractivity contribution in [3.63, 3.8) is 0 Å². The van der Waals surface area contributed by atoms with E-state index < -0.39 is 0 Å². The summed E-state index contributed by atoms with van der Waals surface area (Å²) in [4.78, 5) is 0. The summed E-state index contributed by atoms with van der Waals surface area (Å²) < 4.78 is 0. The van der Waals surface area contributed by atoms with Gasteiger partial charge in [-0.15, -0.1) is 11.5 Å². The summed E-state index contributed by atoms with van der Waals surface area (Å²) in [7, 11) is -0.588. The molecule has 0 heterocycles. The fourth-order valence-electron chi connectivity index (χ4n) is 5.14. The van der Waals surface area contributed by atoms with Crippen LogP contribution in [0.3, 0.4) is 0 Å². The van der Waals surface area contributed by atoms with Crippen molar-refractivity contribution < 1.29 is 27.3 Å². The van der Waals surface area contributed by atoms with Crippen molar-refractivity contribution >= 4 is 15.8 Å². The molecule has 0 bridgehead atoms. The molecule has 0 aromatic rings. The quantitative estimate of drug-likeness (QED) is 0.194. The molecule has 2 aliphatic rings. The van der Waals surface area contributed by atoms with Crippen LogP contribution in [0, 0.1) is 0 Å². The Morgan fingerprint density at radius 3 is 0.886 bits per heavy atom. The average Bonchev–Trinajstić information content (AvgIpc) is 3.19. The molecule has 0 spiro atoms. The Morgan fingerprint density at radius 1 is 0.514 bits per heavy atom. The molecule has 2 aliphatic carbocycles. The molecule has 2 nitrogen and oxygen atoms in total. The zero-order valence-electron chi connectivity index (χ0n) is 24.5. The first kappa shape index (κ1) is 34.4. The first-order valence-corrected chi connectivity index (χ1v) is 14.9. The van der Waals surface area contributed by atoms with Crippen LogP contribution < -0.4 is 10.2 Å². The first-order chi connectivity index (χ1) is 15.1. The molecule has 0 saturated carbocycles. The molecule has 0 saturated heterocycles. The third kappa shape index (κ3) is 10.0. The molecule has 0 amide bonds. The van der Waals surface area contributed by atoms with Crippen LogP contribution in [0.2, 0.25) is 0 Å². The molecule has 0 aliphatic heterocycles. The standard InChI is InChI=1S/2C15H25OP.Fe/c2*1-11(16)12-8-9-13(10-12)17(14(2,3)4)15(5,6)7;/h2*8-10,16H,1-7H3;/q;;+2/p-2. The molecular formula is C30H48FeO2P2. The van der Waals surface area contributed by atoms with Gasteiger partial charge in [0, 0.05) is 0 Å². The van der Waals surface area contributed by atoms with Crippen LogP contribution in [0.25, 0.3) is 0 Å². The summed E-state index contributed by atoms with van der Waals surface area (Å²) >= 11 is 0. The SMILES string of the molecule is CC([O-])=C1C=CC(P(C(C)(C)C)C(C)(C)C)=C1.CC([O-])=C1C=CC(P(C(C)(C)C)C(C)(C)C)=C1.[Fe+2]. The number of allylic oxidation sites excluding steroid dienone is 12. The van der Waals surface area contributed by atoms with Crippen molar-refractivity contribution in [2.75, 3.05) is 0 Å². The summed E-state index contributed by atoms with van der Waals surface area (Å²) in [5.74, 6) is 0.322. The molecule has 0 aromatic heterocycles. The minimum atomic E-state index is -0.294. The normalized spacial score (nSPS) is 19.3. The van der Waals surface area contributed by atoms with E-state index in [2.05, 4.69) is 107 Å². The largest absolute Gasteiger partial charge is 2.00 e. The van der Waals surface area contributed by atoms with Gasteiger partial charge in [-0.2, -0.15) is 0 Å². The van der Waals surface area contributed by atoms with E-state index in [0.29, 0.717) is 0 Å². The maximum atomic E-state index is 11.4. The van der Waals surface area contributed by atoms with Crippen LogP contribution in [0.4, 0.5) is 0 Å². The molecule has 0 fully saturated rings. The molecule has 35 heavy (non-hydrogen) atoms. The monoisotopic (exact) mass is 558 g/mol. The van der Waals surface area contributed by atoms with Crippen molar-refractivity contribution in [2.45, 2.75) is 118 Å². The van der Waals surface area contributed by atoms with Gasteiger partial charge >= 0.3 is 17.1 Å². The number of hydrogen-bond acceptors (Lipinski definition) is 2. The summed E-state index contributed by atoms with van der Waals surface area (Å²) in [6, 6.07) is 0. The Labute approximate surface area is 229 Å². The zero-order chi connectivity index (χ0) is 26.9. The van der Waals surface area contributed by atoms with Gasteiger partial charge in [0.25, 0.3) is 0 Å². The second-order valence-electron chi connectivity index (χ2n) is 13.2. The van der Waals surface area contributed by atoms with E-state index in [-0.39, 0.29) is 65.1 Å². The van der Waals surface area contributed by atoms with E-state index in [4.69, 9.17) is 0 Å². The predicted octanol–water partition coefficient (Wildman–Crippen LogP) is 8.30. The van der Waals surface area contributed by atoms with E-state index in [1.54, 1.807) is 13.8 Å². The summed E-state index contributed by atoms with van der Waals surface area (Å²) in [5.41, 5.74) is 1.70. The molecular weight excluding hydrogens is 510 g/mol. The minimum Gasteiger partial charge on any atom is -0.875 e. The van der Waals surface area contributed by atoms with Crippen LogP contribution in [0.5, 0.6) is 0 Å². The molecule has 2 rings (SSSR count). The minimum absolute atomic E-state index is 0. The van der Waals surface area contributed by atoms with Gasteiger partial charge in [0.05, 0.1) is 0 Å². The van der Waals surface area contributed by atoms with Gasteiger partial charge in [0.15, 0.2) is 0 Å². The fraction of sp³-hybridized carbons (Fsp3) is 0.600. The Hall–Kier alpha value is -0.581. The summed E-state index contributed by atoms with van der Waals surface area (Å²) in [6.07, 6.45) is 12.4. The van der Waals surface area contributed by atoms with Crippen LogP contribution in [0.15, 0.2) is 69.7 Å². The van der Waals surface area contributed by atoms with E-state index in [9.17, 15) is 10.2 Å². The Bertz CT molecular complexity index is 821. The Morgan fingerprint density at radius 2 is 0.743 bits per heavy atom. The van der Waals surface area contributed by atoms with Crippen molar-refractivity contribution in [2.24, 2.45) is 0 Å². The van der Waals surface area contributed by atoms with Gasteiger partial charge in [0.1, 0.15) is 0 Å². The van der Waals surface area contributed by atoms with Gasteiger partial charge in [-0.3, -0.25) is 0 Å². The van der Waals surface area contributed by atoms with E-state index >= 15 is 0 Å². The molecule has 0 unspecified atom stereocenters. The molecule has 0 aromatic carbocycles. The van der Waals surface area contributed by atoms with Gasteiger partial charge in [-0.05, 0) is 54.6 Å². The smallest absolute Gasteiger partial charge is 0.875 e. The van der Waals surface area contributed by atoms with Crippen LogP contribution in [-0.2, 0) is 17.1 Å². The number of rotatable bonds is 2. The molecule has 0 radical (unpaired) electrons. The maximum absolute atomic E-state index is 11.4. The predicted molar refractivity (Wildman–Crippen MR) is 153 cm³/mol. The third-order valence-corrected chi connectivity index (χ3v) is 12.4. The summed E-state index contributed by atoms with van der Waals surface area (Å²) in [5, 5.41) is 26.5. The van der Waals surface area contributed by atoms with Crippen LogP contribution in [-0.4, -0.2) is 20.6 Å². The second-order valence-corrected chi connectivity index (χ2v) is 20.9. The molecule has 198 valence electrons. The van der Waals surface area contributed by atoms with Gasteiger partial charge < -0.3 is 10.2 Å². The second kappa shape index (κ2) is 12.3. The van der Waals surface area contributed by atoms with Crippen molar-refractivity contribution in [3.8, 4) is 0 Å². The van der Waals surface area contributed by atoms with Crippen LogP contribution in [0.1, 0.15) is 96.9 Å². The molecule has 5 heteroatoms. The van der Waals surface area contributed by atoms with E-state index in [1.807, 2.05) is 12.2 Å². The van der Waals surface area contributed by atoms with Gasteiger partial charge in [0.2, 0.25) is 0 Å². The fourth-order valence-corrected chi connectivity index (χ4v) is 13.2. The Balaban J connectivity index is 0.000000642. The zero-order valence-corrected chi connectivity index (χ0v) is 27.4. The van der Waals surface area contributed by atoms with Crippen LogP contribution >= 0.6 is 15.8 Å². The molecule has 0 atom stereocenters. The van der Waals surface area contributed by atoms with Crippen molar-refractivity contribution in [1.82, 2.24) is 0 Å². The number of hydrogen-bond donors (Lipinski definition) is 0. The molecule has 0 N–H and O–H groups in total. The Kier molecular flexibility index (Phi) is 12.1. The van der Waals surface area contributed by atoms with Crippen molar-refractivity contribution in [1.29, 1.82) is 0 Å².